The minimum atomic E-state index is -1.05. The van der Waals surface area contributed by atoms with Crippen molar-refractivity contribution in [1.82, 2.24) is 10.5 Å². The number of carbonyl (C=O) groups excluding carboxylic acids is 3. The molecule has 0 saturated heterocycles. The second kappa shape index (κ2) is 11.4. The molecule has 0 spiro atoms. The summed E-state index contributed by atoms with van der Waals surface area (Å²) >= 11 is 6.52. The van der Waals surface area contributed by atoms with Gasteiger partial charge in [0.1, 0.15) is 11.8 Å². The Labute approximate surface area is 216 Å². The summed E-state index contributed by atoms with van der Waals surface area (Å²) in [4.78, 5) is 41.2. The third kappa shape index (κ3) is 7.18. The summed E-state index contributed by atoms with van der Waals surface area (Å²) < 4.78 is 4.96. The van der Waals surface area contributed by atoms with Gasteiger partial charge in [-0.3, -0.25) is 19.3 Å². The number of halogens is 1. The fourth-order valence-electron chi connectivity index (χ4n) is 3.65. The highest BCUT2D eigenvalue weighted by Crippen LogP contribution is 2.33. The lowest BCUT2D eigenvalue weighted by Crippen LogP contribution is -2.49. The first kappa shape index (κ1) is 26.9. The average molecular weight is 511 g/mol. The molecule has 0 aliphatic carbocycles. The van der Waals surface area contributed by atoms with Crippen molar-refractivity contribution >= 4 is 40.8 Å². The Balaban J connectivity index is 1.96. The Bertz CT molecular complexity index is 1230. The van der Waals surface area contributed by atoms with Gasteiger partial charge in [-0.15, -0.1) is 0 Å². The van der Waals surface area contributed by atoms with E-state index in [1.807, 2.05) is 39.8 Å². The summed E-state index contributed by atoms with van der Waals surface area (Å²) in [5.74, 6) is -0.349. The Morgan fingerprint density at radius 1 is 1.03 bits per heavy atom. The van der Waals surface area contributed by atoms with Gasteiger partial charge in [0, 0.05) is 40.7 Å². The van der Waals surface area contributed by atoms with Crippen LogP contribution in [0.1, 0.15) is 56.5 Å². The maximum atomic E-state index is 13.7. The number of aromatic nitrogens is 1. The molecule has 0 saturated carbocycles. The minimum absolute atomic E-state index is 0.108. The molecule has 0 bridgehead atoms. The van der Waals surface area contributed by atoms with Crippen LogP contribution in [0.15, 0.2) is 59.1 Å². The molecule has 8 nitrogen and oxygen atoms in total. The Kier molecular flexibility index (Phi) is 8.53. The van der Waals surface area contributed by atoms with Crippen molar-refractivity contribution in [1.29, 1.82) is 0 Å². The molecule has 190 valence electrons. The third-order valence-corrected chi connectivity index (χ3v) is 5.59. The summed E-state index contributed by atoms with van der Waals surface area (Å²) in [7, 11) is 0. The van der Waals surface area contributed by atoms with Crippen LogP contribution in [-0.4, -0.2) is 28.4 Å². The first-order chi connectivity index (χ1) is 16.9. The second-order valence-corrected chi connectivity index (χ2v) is 10.0. The highest BCUT2D eigenvalue weighted by atomic mass is 35.5. The molecule has 0 aliphatic rings. The van der Waals surface area contributed by atoms with E-state index in [1.165, 1.54) is 4.90 Å². The molecule has 3 aromatic rings. The Hall–Kier alpha value is -3.65. The maximum Gasteiger partial charge on any atom is 0.248 e. The van der Waals surface area contributed by atoms with Gasteiger partial charge in [-0.2, -0.15) is 0 Å². The average Bonchev–Trinajstić information content (AvgIpc) is 3.20. The van der Waals surface area contributed by atoms with Crippen LogP contribution in [-0.2, 0) is 14.4 Å². The summed E-state index contributed by atoms with van der Waals surface area (Å²) in [6, 6.07) is 14.8. The van der Waals surface area contributed by atoms with Crippen LogP contribution in [0.4, 0.5) is 11.5 Å². The van der Waals surface area contributed by atoms with Crippen molar-refractivity contribution in [3.8, 4) is 0 Å². The van der Waals surface area contributed by atoms with Gasteiger partial charge in [0.05, 0.1) is 0 Å². The van der Waals surface area contributed by atoms with Crippen molar-refractivity contribution in [2.24, 2.45) is 0 Å². The van der Waals surface area contributed by atoms with E-state index in [-0.39, 0.29) is 24.6 Å². The van der Waals surface area contributed by atoms with E-state index in [9.17, 15) is 14.4 Å². The lowest BCUT2D eigenvalue weighted by molar-refractivity contribution is -0.128. The first-order valence-electron chi connectivity index (χ1n) is 11.6. The van der Waals surface area contributed by atoms with Gasteiger partial charge in [-0.05, 0) is 52.8 Å². The molecule has 1 atom stereocenters. The van der Waals surface area contributed by atoms with E-state index >= 15 is 0 Å². The van der Waals surface area contributed by atoms with E-state index in [0.29, 0.717) is 22.0 Å². The van der Waals surface area contributed by atoms with Crippen LogP contribution >= 0.6 is 11.6 Å². The highest BCUT2D eigenvalue weighted by Gasteiger charge is 2.35. The van der Waals surface area contributed by atoms with E-state index < -0.39 is 23.4 Å². The van der Waals surface area contributed by atoms with Crippen molar-refractivity contribution in [2.75, 3.05) is 10.2 Å². The largest absolute Gasteiger partial charge is 0.360 e. The van der Waals surface area contributed by atoms with Crippen LogP contribution in [0.2, 0.25) is 5.02 Å². The normalized spacial score (nSPS) is 12.1. The molecule has 1 aromatic heterocycles. The lowest BCUT2D eigenvalue weighted by atomic mass is 10.00. The number of hydrogen-bond acceptors (Lipinski definition) is 5. The molecular formula is C27H31ClN4O4. The molecule has 2 N–H and O–H groups in total. The Morgan fingerprint density at radius 2 is 1.69 bits per heavy atom. The molecule has 0 fully saturated rings. The molecule has 36 heavy (non-hydrogen) atoms. The van der Waals surface area contributed by atoms with E-state index in [1.54, 1.807) is 49.4 Å². The van der Waals surface area contributed by atoms with Gasteiger partial charge in [0.25, 0.3) is 0 Å². The predicted molar refractivity (Wildman–Crippen MR) is 140 cm³/mol. The van der Waals surface area contributed by atoms with Crippen molar-refractivity contribution in [3.05, 3.63) is 76.5 Å². The zero-order valence-corrected chi connectivity index (χ0v) is 21.8. The summed E-state index contributed by atoms with van der Waals surface area (Å²) in [6.07, 6.45) is -0.247. The van der Waals surface area contributed by atoms with Crippen LogP contribution in [0, 0.1) is 13.8 Å². The maximum absolute atomic E-state index is 13.7. The number of nitrogens with one attached hydrogen (secondary N) is 2. The van der Waals surface area contributed by atoms with Crippen LogP contribution in [0.25, 0.3) is 0 Å². The lowest BCUT2D eigenvalue weighted by Gasteiger charge is -2.34. The fourth-order valence-corrected chi connectivity index (χ4v) is 3.89. The molecule has 0 unspecified atom stereocenters. The number of amides is 3. The summed E-state index contributed by atoms with van der Waals surface area (Å²) in [5, 5.41) is 9.68. The number of anilines is 2. The molecule has 1 heterocycles. The van der Waals surface area contributed by atoms with Crippen molar-refractivity contribution in [2.45, 2.75) is 59.0 Å². The van der Waals surface area contributed by atoms with Crippen molar-refractivity contribution < 1.29 is 18.9 Å². The number of hydrogen-bond donors (Lipinski definition) is 2. The molecule has 0 aliphatic heterocycles. The standard InChI is InChI=1S/C27H31ClN4O4/c1-17-10-12-19(13-11-17)32(24(34)15-14-23(33)29-22-16-18(2)36-31-22)25(26(35)30-27(3,4)5)20-8-6-7-9-21(20)28/h6-13,16,25H,14-15H2,1-5H3,(H,30,35)(H,29,31,33)/t25-/m1/s1. The second-order valence-electron chi connectivity index (χ2n) is 9.63. The zero-order valence-electron chi connectivity index (χ0n) is 21.1. The van der Waals surface area contributed by atoms with Crippen LogP contribution < -0.4 is 15.5 Å². The predicted octanol–water partition coefficient (Wildman–Crippen LogP) is 5.35. The number of benzene rings is 2. The monoisotopic (exact) mass is 510 g/mol. The van der Waals surface area contributed by atoms with Crippen LogP contribution in [0.3, 0.4) is 0 Å². The number of rotatable bonds is 8. The van der Waals surface area contributed by atoms with Gasteiger partial charge in [-0.25, -0.2) is 0 Å². The van der Waals surface area contributed by atoms with Gasteiger partial charge >= 0.3 is 0 Å². The number of carbonyl (C=O) groups is 3. The fraction of sp³-hybridized carbons (Fsp3) is 0.333. The number of aryl methyl sites for hydroxylation is 2. The summed E-state index contributed by atoms with van der Waals surface area (Å²) in [5.41, 5.74) is 1.46. The SMILES string of the molecule is Cc1ccc(N(C(=O)CCC(=O)Nc2cc(C)on2)[C@@H](C(=O)NC(C)(C)C)c2ccccc2Cl)cc1. The topological polar surface area (TPSA) is 105 Å². The van der Waals surface area contributed by atoms with Gasteiger partial charge in [0.2, 0.25) is 17.7 Å². The molecule has 9 heteroatoms. The highest BCUT2D eigenvalue weighted by molar-refractivity contribution is 6.31. The molecule has 3 rings (SSSR count). The van der Waals surface area contributed by atoms with Gasteiger partial charge in [0.15, 0.2) is 5.82 Å². The molecular weight excluding hydrogens is 480 g/mol. The van der Waals surface area contributed by atoms with E-state index in [4.69, 9.17) is 16.1 Å². The minimum Gasteiger partial charge on any atom is -0.360 e. The molecule has 0 radical (unpaired) electrons. The first-order valence-corrected chi connectivity index (χ1v) is 12.0. The van der Waals surface area contributed by atoms with E-state index in [0.717, 1.165) is 5.56 Å². The van der Waals surface area contributed by atoms with E-state index in [2.05, 4.69) is 15.8 Å². The third-order valence-electron chi connectivity index (χ3n) is 5.25. The van der Waals surface area contributed by atoms with Crippen molar-refractivity contribution in [3.63, 3.8) is 0 Å². The van der Waals surface area contributed by atoms with Crippen LogP contribution in [0.5, 0.6) is 0 Å². The summed E-state index contributed by atoms with van der Waals surface area (Å²) in [6.45, 7) is 9.24. The molecule has 2 aromatic carbocycles. The Morgan fingerprint density at radius 3 is 2.28 bits per heavy atom. The number of nitrogens with zero attached hydrogens (tertiary/aromatic N) is 2. The molecule has 3 amide bonds. The smallest absolute Gasteiger partial charge is 0.248 e. The zero-order chi connectivity index (χ0) is 26.5. The van der Waals surface area contributed by atoms with Gasteiger partial charge < -0.3 is 15.2 Å². The van der Waals surface area contributed by atoms with Gasteiger partial charge in [-0.1, -0.05) is 52.7 Å². The quantitative estimate of drug-likeness (QED) is 0.425.